The summed E-state index contributed by atoms with van der Waals surface area (Å²) in [5.41, 5.74) is 3.12. The molecule has 1 aliphatic rings. The first-order chi connectivity index (χ1) is 12.1. The predicted molar refractivity (Wildman–Crippen MR) is 109 cm³/mol. The van der Waals surface area contributed by atoms with Crippen LogP contribution in [0.3, 0.4) is 0 Å². The molecule has 0 N–H and O–H groups in total. The van der Waals surface area contributed by atoms with Crippen LogP contribution in [0.15, 0.2) is 46.8 Å². The summed E-state index contributed by atoms with van der Waals surface area (Å²) < 4.78 is 6.19. The zero-order valence-electron chi connectivity index (χ0n) is 13.3. The third kappa shape index (κ3) is 3.25. The normalized spacial score (nSPS) is 16.1. The lowest BCUT2D eigenvalue weighted by molar-refractivity contribution is -0.113. The van der Waals surface area contributed by atoms with Crippen LogP contribution in [0.2, 0.25) is 0 Å². The van der Waals surface area contributed by atoms with Gasteiger partial charge in [-0.05, 0) is 46.8 Å². The minimum atomic E-state index is 0.117. The zero-order valence-corrected chi connectivity index (χ0v) is 15.8. The molecule has 0 aliphatic carbocycles. The van der Waals surface area contributed by atoms with Crippen molar-refractivity contribution in [3.05, 3.63) is 51.7 Å². The quantitative estimate of drug-likeness (QED) is 0.450. The predicted octanol–water partition coefficient (Wildman–Crippen LogP) is 5.35. The fourth-order valence-corrected chi connectivity index (χ4v) is 4.88. The van der Waals surface area contributed by atoms with E-state index in [-0.39, 0.29) is 5.78 Å². The van der Waals surface area contributed by atoms with Crippen molar-refractivity contribution >= 4 is 62.3 Å². The molecule has 0 saturated carbocycles. The molecule has 3 nitrogen and oxygen atoms in total. The van der Waals surface area contributed by atoms with Gasteiger partial charge in [-0.2, -0.15) is 0 Å². The van der Waals surface area contributed by atoms with Crippen LogP contribution >= 0.6 is 35.3 Å². The SMILES string of the molecule is COc1ccnc2ccc(-c3csc(/C=C4\SC(=S)CC4=O)c3)cc12. The maximum absolute atomic E-state index is 11.9. The molecule has 1 saturated heterocycles. The van der Waals surface area contributed by atoms with Gasteiger partial charge < -0.3 is 4.74 Å². The molecule has 3 heterocycles. The number of allylic oxidation sites excluding steroid dienone is 1. The Morgan fingerprint density at radius 2 is 2.12 bits per heavy atom. The molecule has 1 aromatic carbocycles. The van der Waals surface area contributed by atoms with Gasteiger partial charge in [-0.15, -0.1) is 11.3 Å². The molecular formula is C19H13NO2S3. The lowest BCUT2D eigenvalue weighted by Crippen LogP contribution is -1.90. The first-order valence-corrected chi connectivity index (χ1v) is 9.72. The number of pyridine rings is 1. The molecule has 1 fully saturated rings. The van der Waals surface area contributed by atoms with E-state index in [1.165, 1.54) is 11.8 Å². The maximum Gasteiger partial charge on any atom is 0.175 e. The molecule has 0 amide bonds. The number of hydrogen-bond donors (Lipinski definition) is 0. The average Bonchev–Trinajstić information content (AvgIpc) is 3.20. The third-order valence-electron chi connectivity index (χ3n) is 3.95. The molecule has 2 aromatic heterocycles. The van der Waals surface area contributed by atoms with Crippen LogP contribution in [0.25, 0.3) is 28.1 Å². The van der Waals surface area contributed by atoms with Crippen molar-refractivity contribution in [1.82, 2.24) is 4.98 Å². The van der Waals surface area contributed by atoms with Crippen LogP contribution in [0.1, 0.15) is 11.3 Å². The number of ether oxygens (including phenoxy) is 1. The van der Waals surface area contributed by atoms with E-state index < -0.39 is 0 Å². The van der Waals surface area contributed by atoms with E-state index in [0.29, 0.717) is 6.42 Å². The number of fused-ring (bicyclic) bond motifs is 1. The van der Waals surface area contributed by atoms with Gasteiger partial charge in [0.2, 0.25) is 0 Å². The van der Waals surface area contributed by atoms with Crippen molar-refractivity contribution in [2.24, 2.45) is 0 Å². The smallest absolute Gasteiger partial charge is 0.175 e. The zero-order chi connectivity index (χ0) is 17.4. The topological polar surface area (TPSA) is 39.2 Å². The molecular weight excluding hydrogens is 370 g/mol. The second kappa shape index (κ2) is 6.71. The monoisotopic (exact) mass is 383 g/mol. The Hall–Kier alpha value is -2.02. The number of nitrogens with zero attached hydrogens (tertiary/aromatic N) is 1. The Labute approximate surface area is 158 Å². The van der Waals surface area contributed by atoms with Crippen molar-refractivity contribution in [1.29, 1.82) is 0 Å². The number of hydrogen-bond acceptors (Lipinski definition) is 6. The van der Waals surface area contributed by atoms with Gasteiger partial charge in [-0.3, -0.25) is 9.78 Å². The minimum Gasteiger partial charge on any atom is -0.496 e. The van der Waals surface area contributed by atoms with Crippen LogP contribution in [0.5, 0.6) is 5.75 Å². The van der Waals surface area contributed by atoms with Crippen molar-refractivity contribution in [2.45, 2.75) is 6.42 Å². The Morgan fingerprint density at radius 1 is 1.24 bits per heavy atom. The minimum absolute atomic E-state index is 0.117. The summed E-state index contributed by atoms with van der Waals surface area (Å²) in [4.78, 5) is 18.1. The maximum atomic E-state index is 11.9. The van der Waals surface area contributed by atoms with Crippen LogP contribution in [-0.2, 0) is 4.79 Å². The number of carbonyl (C=O) groups excluding carboxylic acids is 1. The Morgan fingerprint density at radius 3 is 2.88 bits per heavy atom. The molecule has 4 rings (SSSR count). The Bertz CT molecular complexity index is 1040. The molecule has 0 radical (unpaired) electrons. The van der Waals surface area contributed by atoms with Crippen molar-refractivity contribution < 1.29 is 9.53 Å². The van der Waals surface area contributed by atoms with Crippen LogP contribution < -0.4 is 4.74 Å². The highest BCUT2D eigenvalue weighted by atomic mass is 32.2. The van der Waals surface area contributed by atoms with Crippen LogP contribution in [0, 0.1) is 0 Å². The van der Waals surface area contributed by atoms with Crippen molar-refractivity contribution in [2.75, 3.05) is 7.11 Å². The van der Waals surface area contributed by atoms with E-state index in [1.807, 2.05) is 18.2 Å². The fraction of sp³-hybridized carbons (Fsp3) is 0.105. The molecule has 0 bridgehead atoms. The van der Waals surface area contributed by atoms with E-state index in [0.717, 1.165) is 41.8 Å². The molecule has 0 atom stereocenters. The molecule has 124 valence electrons. The van der Waals surface area contributed by atoms with Gasteiger partial charge in [-0.25, -0.2) is 0 Å². The molecule has 6 heteroatoms. The summed E-state index contributed by atoms with van der Waals surface area (Å²) in [6.07, 6.45) is 4.06. The van der Waals surface area contributed by atoms with Gasteiger partial charge in [0.05, 0.1) is 28.1 Å². The van der Waals surface area contributed by atoms with Gasteiger partial charge in [-0.1, -0.05) is 30.0 Å². The Balaban J connectivity index is 1.71. The molecule has 1 aliphatic heterocycles. The van der Waals surface area contributed by atoms with Crippen molar-refractivity contribution in [3.63, 3.8) is 0 Å². The average molecular weight is 384 g/mol. The first-order valence-electron chi connectivity index (χ1n) is 7.61. The highest BCUT2D eigenvalue weighted by molar-refractivity contribution is 8.27. The van der Waals surface area contributed by atoms with Gasteiger partial charge in [0.25, 0.3) is 0 Å². The number of thioether (sulfide) groups is 1. The highest BCUT2D eigenvalue weighted by Crippen LogP contribution is 2.35. The molecule has 0 unspecified atom stereocenters. The second-order valence-corrected chi connectivity index (χ2v) is 8.40. The third-order valence-corrected chi connectivity index (χ3v) is 6.16. The number of methoxy groups -OCH3 is 1. The lowest BCUT2D eigenvalue weighted by Gasteiger charge is -2.06. The van der Waals surface area contributed by atoms with Crippen LogP contribution in [0.4, 0.5) is 0 Å². The highest BCUT2D eigenvalue weighted by Gasteiger charge is 2.22. The number of rotatable bonds is 3. The molecule has 3 aromatic rings. The lowest BCUT2D eigenvalue weighted by atomic mass is 10.1. The summed E-state index contributed by atoms with van der Waals surface area (Å²) in [6.45, 7) is 0. The van der Waals surface area contributed by atoms with Gasteiger partial charge >= 0.3 is 0 Å². The van der Waals surface area contributed by atoms with Gasteiger partial charge in [0, 0.05) is 16.5 Å². The van der Waals surface area contributed by atoms with E-state index >= 15 is 0 Å². The number of aromatic nitrogens is 1. The number of Topliss-reactive ketones (excluding diaryl/α,β-unsaturated/α-hetero) is 1. The first kappa shape index (κ1) is 16.4. The van der Waals surface area contributed by atoms with E-state index in [9.17, 15) is 4.79 Å². The van der Waals surface area contributed by atoms with Crippen molar-refractivity contribution in [3.8, 4) is 16.9 Å². The summed E-state index contributed by atoms with van der Waals surface area (Å²) in [5.74, 6) is 0.928. The van der Waals surface area contributed by atoms with E-state index in [2.05, 4.69) is 28.6 Å². The standard InChI is InChI=1S/C19H13NO2S3/c1-22-17-4-5-20-15-3-2-11(7-14(15)17)12-6-13(24-10-12)8-18-16(21)9-19(23)25-18/h2-8,10H,9H2,1H3/b18-8-. The number of ketones is 1. The largest absolute Gasteiger partial charge is 0.496 e. The van der Waals surface area contributed by atoms with E-state index in [1.54, 1.807) is 24.6 Å². The number of benzene rings is 1. The van der Waals surface area contributed by atoms with Gasteiger partial charge in [0.1, 0.15) is 5.75 Å². The summed E-state index contributed by atoms with van der Waals surface area (Å²) >= 11 is 8.15. The Kier molecular flexibility index (Phi) is 4.41. The second-order valence-electron chi connectivity index (χ2n) is 5.57. The fourth-order valence-electron chi connectivity index (χ4n) is 2.73. The summed E-state index contributed by atoms with van der Waals surface area (Å²) in [5, 5.41) is 3.08. The summed E-state index contributed by atoms with van der Waals surface area (Å²) in [6, 6.07) is 10.1. The van der Waals surface area contributed by atoms with Crippen LogP contribution in [-0.4, -0.2) is 22.1 Å². The number of thiophene rings is 1. The molecule has 25 heavy (non-hydrogen) atoms. The number of carbonyl (C=O) groups is 1. The van der Waals surface area contributed by atoms with E-state index in [4.69, 9.17) is 17.0 Å². The molecule has 0 spiro atoms. The number of thiocarbonyl (C=S) groups is 1. The summed E-state index contributed by atoms with van der Waals surface area (Å²) in [7, 11) is 1.66. The van der Waals surface area contributed by atoms with Gasteiger partial charge in [0.15, 0.2) is 5.78 Å².